The summed E-state index contributed by atoms with van der Waals surface area (Å²) in [6, 6.07) is 10.5. The summed E-state index contributed by atoms with van der Waals surface area (Å²) in [7, 11) is 0. The predicted octanol–water partition coefficient (Wildman–Crippen LogP) is 4.00. The first-order valence-corrected chi connectivity index (χ1v) is 7.90. The molecule has 3 heteroatoms. The van der Waals surface area contributed by atoms with Gasteiger partial charge in [-0.2, -0.15) is 0 Å². The molecule has 0 saturated carbocycles. The van der Waals surface area contributed by atoms with E-state index in [0.29, 0.717) is 6.54 Å². The van der Waals surface area contributed by atoms with Crippen molar-refractivity contribution in [1.29, 1.82) is 0 Å². The van der Waals surface area contributed by atoms with Gasteiger partial charge in [0.1, 0.15) is 0 Å². The molecule has 0 spiro atoms. The second kappa shape index (κ2) is 5.41. The summed E-state index contributed by atoms with van der Waals surface area (Å²) in [4.78, 5) is 17.1. The third-order valence-electron chi connectivity index (χ3n) is 3.88. The first-order valence-electron chi connectivity index (χ1n) is 7.08. The van der Waals surface area contributed by atoms with E-state index in [1.807, 2.05) is 13.0 Å². The lowest BCUT2D eigenvalue weighted by atomic mass is 10.0. The van der Waals surface area contributed by atoms with Gasteiger partial charge >= 0.3 is 0 Å². The van der Waals surface area contributed by atoms with Crippen LogP contribution < -0.4 is 4.90 Å². The minimum absolute atomic E-state index is 0.239. The lowest BCUT2D eigenvalue weighted by Gasteiger charge is -2.30. The molecular formula is C17H19NOS. The molecule has 0 amide bonds. The Balaban J connectivity index is 1.82. The third-order valence-corrected chi connectivity index (χ3v) is 4.85. The van der Waals surface area contributed by atoms with Crippen LogP contribution in [0.2, 0.25) is 0 Å². The number of nitrogens with zero attached hydrogens (tertiary/aromatic N) is 1. The van der Waals surface area contributed by atoms with Crippen LogP contribution in [0.4, 0.5) is 5.69 Å². The molecule has 104 valence electrons. The summed E-state index contributed by atoms with van der Waals surface area (Å²) in [5, 5.41) is 0. The third kappa shape index (κ3) is 2.50. The van der Waals surface area contributed by atoms with Gasteiger partial charge in [0.2, 0.25) is 0 Å². The molecule has 1 aromatic heterocycles. The van der Waals surface area contributed by atoms with Gasteiger partial charge in [-0.15, -0.1) is 11.3 Å². The standard InChI is InChI=1S/C17H19NOS/c1-12-10-15(13(2)20-12)17(19)11-18-9-5-7-14-6-3-4-8-16(14)18/h3-4,6,8,10H,5,7,9,11H2,1-2H3. The number of hydrogen-bond donors (Lipinski definition) is 0. The van der Waals surface area contributed by atoms with Crippen LogP contribution in [0.25, 0.3) is 0 Å². The van der Waals surface area contributed by atoms with Crippen molar-refractivity contribution in [3.63, 3.8) is 0 Å². The highest BCUT2D eigenvalue weighted by molar-refractivity contribution is 7.12. The summed E-state index contributed by atoms with van der Waals surface area (Å²) in [6.07, 6.45) is 2.25. The molecule has 0 radical (unpaired) electrons. The average Bonchev–Trinajstić information content (AvgIpc) is 2.78. The molecule has 0 N–H and O–H groups in total. The molecule has 0 fully saturated rings. The monoisotopic (exact) mass is 285 g/mol. The van der Waals surface area contributed by atoms with Crippen LogP contribution >= 0.6 is 11.3 Å². The fourth-order valence-corrected chi connectivity index (χ4v) is 3.88. The Kier molecular flexibility index (Phi) is 3.62. The highest BCUT2D eigenvalue weighted by Gasteiger charge is 2.20. The Labute approximate surface area is 124 Å². The summed E-state index contributed by atoms with van der Waals surface area (Å²) in [5.74, 6) is 0.239. The second-order valence-corrected chi connectivity index (χ2v) is 6.86. The number of Topliss-reactive ketones (excluding diaryl/α,β-unsaturated/α-hetero) is 1. The molecular weight excluding hydrogens is 266 g/mol. The quantitative estimate of drug-likeness (QED) is 0.794. The summed E-state index contributed by atoms with van der Waals surface area (Å²) in [6.45, 7) is 5.57. The molecule has 20 heavy (non-hydrogen) atoms. The molecule has 2 aromatic rings. The van der Waals surface area contributed by atoms with Crippen LogP contribution in [0.1, 0.15) is 32.1 Å². The van der Waals surface area contributed by atoms with E-state index in [1.54, 1.807) is 11.3 Å². The first-order chi connectivity index (χ1) is 9.65. The largest absolute Gasteiger partial charge is 0.364 e. The van der Waals surface area contributed by atoms with Crippen LogP contribution in [0.15, 0.2) is 30.3 Å². The van der Waals surface area contributed by atoms with Gasteiger partial charge in [-0.05, 0) is 44.4 Å². The van der Waals surface area contributed by atoms with Crippen molar-refractivity contribution in [1.82, 2.24) is 0 Å². The number of benzene rings is 1. The molecule has 0 unspecified atom stereocenters. The molecule has 3 rings (SSSR count). The lowest BCUT2D eigenvalue weighted by molar-refractivity contribution is 0.0998. The van der Waals surface area contributed by atoms with Gasteiger partial charge in [0.05, 0.1) is 6.54 Å². The van der Waals surface area contributed by atoms with Crippen molar-refractivity contribution < 1.29 is 4.79 Å². The number of rotatable bonds is 3. The average molecular weight is 285 g/mol. The molecule has 1 aliphatic heterocycles. The first kappa shape index (κ1) is 13.4. The maximum absolute atomic E-state index is 12.5. The smallest absolute Gasteiger partial charge is 0.183 e. The highest BCUT2D eigenvalue weighted by Crippen LogP contribution is 2.28. The van der Waals surface area contributed by atoms with E-state index < -0.39 is 0 Å². The maximum atomic E-state index is 12.5. The molecule has 0 atom stereocenters. The minimum Gasteiger partial charge on any atom is -0.364 e. The van der Waals surface area contributed by atoms with Crippen LogP contribution in [0, 0.1) is 13.8 Å². The summed E-state index contributed by atoms with van der Waals surface area (Å²) in [5.41, 5.74) is 3.50. The van der Waals surface area contributed by atoms with Crippen molar-refractivity contribution in [3.05, 3.63) is 51.2 Å². The van der Waals surface area contributed by atoms with Crippen LogP contribution in [-0.2, 0) is 6.42 Å². The number of para-hydroxylation sites is 1. The number of fused-ring (bicyclic) bond motifs is 1. The van der Waals surface area contributed by atoms with Gasteiger partial charge in [0.15, 0.2) is 5.78 Å². The Morgan fingerprint density at radius 3 is 2.85 bits per heavy atom. The molecule has 0 bridgehead atoms. The fourth-order valence-electron chi connectivity index (χ4n) is 2.94. The number of aryl methyl sites for hydroxylation is 3. The lowest BCUT2D eigenvalue weighted by Crippen LogP contribution is -2.34. The zero-order valence-electron chi connectivity index (χ0n) is 12.0. The van der Waals surface area contributed by atoms with Crippen LogP contribution in [0.3, 0.4) is 0 Å². The number of carbonyl (C=O) groups is 1. The van der Waals surface area contributed by atoms with E-state index in [2.05, 4.69) is 36.1 Å². The predicted molar refractivity (Wildman–Crippen MR) is 85.1 cm³/mol. The van der Waals surface area contributed by atoms with Gasteiger partial charge < -0.3 is 4.90 Å². The molecule has 0 saturated heterocycles. The van der Waals surface area contributed by atoms with E-state index in [9.17, 15) is 4.79 Å². The van der Waals surface area contributed by atoms with Gasteiger partial charge in [-0.25, -0.2) is 0 Å². The van der Waals surface area contributed by atoms with E-state index in [1.165, 1.54) is 16.1 Å². The van der Waals surface area contributed by atoms with E-state index in [0.717, 1.165) is 29.8 Å². The van der Waals surface area contributed by atoms with Crippen molar-refractivity contribution in [2.24, 2.45) is 0 Å². The van der Waals surface area contributed by atoms with E-state index in [-0.39, 0.29) is 5.78 Å². The fraction of sp³-hybridized carbons (Fsp3) is 0.353. The van der Waals surface area contributed by atoms with Crippen molar-refractivity contribution in [2.45, 2.75) is 26.7 Å². The summed E-state index contributed by atoms with van der Waals surface area (Å²) >= 11 is 1.71. The van der Waals surface area contributed by atoms with Crippen molar-refractivity contribution in [3.8, 4) is 0 Å². The van der Waals surface area contributed by atoms with Crippen molar-refractivity contribution in [2.75, 3.05) is 18.0 Å². The molecule has 1 aliphatic rings. The molecule has 2 heterocycles. The SMILES string of the molecule is Cc1cc(C(=O)CN2CCCc3ccccc32)c(C)s1. The van der Waals surface area contributed by atoms with E-state index in [4.69, 9.17) is 0 Å². The van der Waals surface area contributed by atoms with Crippen LogP contribution in [0.5, 0.6) is 0 Å². The Morgan fingerprint density at radius 1 is 1.30 bits per heavy atom. The Morgan fingerprint density at radius 2 is 2.10 bits per heavy atom. The second-order valence-electron chi connectivity index (χ2n) is 5.40. The highest BCUT2D eigenvalue weighted by atomic mass is 32.1. The summed E-state index contributed by atoms with van der Waals surface area (Å²) < 4.78 is 0. The minimum atomic E-state index is 0.239. The molecule has 0 aliphatic carbocycles. The zero-order chi connectivity index (χ0) is 14.1. The molecule has 2 nitrogen and oxygen atoms in total. The maximum Gasteiger partial charge on any atom is 0.183 e. The van der Waals surface area contributed by atoms with Crippen LogP contribution in [-0.4, -0.2) is 18.9 Å². The normalized spacial score (nSPS) is 14.2. The topological polar surface area (TPSA) is 20.3 Å². The Hall–Kier alpha value is -1.61. The Bertz CT molecular complexity index is 644. The number of carbonyl (C=O) groups excluding carboxylic acids is 1. The number of ketones is 1. The molecule has 1 aromatic carbocycles. The number of thiophene rings is 1. The number of anilines is 1. The van der Waals surface area contributed by atoms with Gasteiger partial charge in [-0.1, -0.05) is 18.2 Å². The van der Waals surface area contributed by atoms with Crippen molar-refractivity contribution >= 4 is 22.8 Å². The van der Waals surface area contributed by atoms with Gasteiger partial charge in [0.25, 0.3) is 0 Å². The van der Waals surface area contributed by atoms with E-state index >= 15 is 0 Å². The zero-order valence-corrected chi connectivity index (χ0v) is 12.8. The van der Waals surface area contributed by atoms with Gasteiger partial charge in [-0.3, -0.25) is 4.79 Å². The van der Waals surface area contributed by atoms with Gasteiger partial charge in [0, 0.05) is 27.5 Å². The number of hydrogen-bond acceptors (Lipinski definition) is 3.